The zero-order chi connectivity index (χ0) is 12.1. The van der Waals surface area contributed by atoms with E-state index in [1.54, 1.807) is 0 Å². The Bertz CT molecular complexity index is 225. The second-order valence-corrected chi connectivity index (χ2v) is 4.66. The largest absolute Gasteiger partial charge is 0.395 e. The van der Waals surface area contributed by atoms with Crippen molar-refractivity contribution in [3.05, 3.63) is 0 Å². The van der Waals surface area contributed by atoms with Crippen molar-refractivity contribution in [2.24, 2.45) is 11.7 Å². The number of piperazine rings is 1. The molecule has 0 aromatic heterocycles. The number of amides is 1. The summed E-state index contributed by atoms with van der Waals surface area (Å²) in [6, 6.07) is -0.385. The fourth-order valence-corrected chi connectivity index (χ4v) is 1.83. The van der Waals surface area contributed by atoms with Crippen LogP contribution in [-0.2, 0) is 4.79 Å². The van der Waals surface area contributed by atoms with Crippen molar-refractivity contribution in [2.75, 3.05) is 39.3 Å². The van der Waals surface area contributed by atoms with Gasteiger partial charge in [-0.1, -0.05) is 13.8 Å². The molecule has 0 aromatic carbocycles. The number of β-amino-alcohol motifs (C(OH)–C–C–N with tert-alkyl or cyclic N) is 1. The second-order valence-electron chi connectivity index (χ2n) is 4.66. The minimum atomic E-state index is -0.385. The zero-order valence-electron chi connectivity index (χ0n) is 10.2. The third-order valence-electron chi connectivity index (χ3n) is 3.10. The van der Waals surface area contributed by atoms with Crippen molar-refractivity contribution in [3.63, 3.8) is 0 Å². The Hall–Kier alpha value is -0.650. The summed E-state index contributed by atoms with van der Waals surface area (Å²) in [7, 11) is 0. The maximum Gasteiger partial charge on any atom is 0.239 e. The lowest BCUT2D eigenvalue weighted by Crippen LogP contribution is -2.54. The lowest BCUT2D eigenvalue weighted by Gasteiger charge is -2.36. The molecule has 1 heterocycles. The third kappa shape index (κ3) is 3.43. The molecule has 1 aliphatic rings. The summed E-state index contributed by atoms with van der Waals surface area (Å²) in [5.41, 5.74) is 5.84. The number of aliphatic hydroxyl groups excluding tert-OH is 1. The Morgan fingerprint density at radius 3 is 2.31 bits per heavy atom. The van der Waals surface area contributed by atoms with Gasteiger partial charge in [0.1, 0.15) is 0 Å². The van der Waals surface area contributed by atoms with Crippen LogP contribution in [0.2, 0.25) is 0 Å². The molecule has 1 aliphatic heterocycles. The molecule has 1 amide bonds. The Morgan fingerprint density at radius 2 is 1.88 bits per heavy atom. The monoisotopic (exact) mass is 229 g/mol. The summed E-state index contributed by atoms with van der Waals surface area (Å²) in [6.45, 7) is 7.90. The van der Waals surface area contributed by atoms with E-state index in [1.807, 2.05) is 18.7 Å². The van der Waals surface area contributed by atoms with Gasteiger partial charge in [-0.05, 0) is 5.92 Å². The normalized spacial score (nSPS) is 20.2. The summed E-state index contributed by atoms with van der Waals surface area (Å²) >= 11 is 0. The van der Waals surface area contributed by atoms with Gasteiger partial charge >= 0.3 is 0 Å². The van der Waals surface area contributed by atoms with Crippen LogP contribution in [0.1, 0.15) is 13.8 Å². The fourth-order valence-electron chi connectivity index (χ4n) is 1.83. The first-order valence-electron chi connectivity index (χ1n) is 5.94. The molecule has 1 atom stereocenters. The van der Waals surface area contributed by atoms with E-state index >= 15 is 0 Å². The molecule has 0 aromatic rings. The summed E-state index contributed by atoms with van der Waals surface area (Å²) < 4.78 is 0. The van der Waals surface area contributed by atoms with Crippen LogP contribution in [0.15, 0.2) is 0 Å². The van der Waals surface area contributed by atoms with Crippen LogP contribution in [0, 0.1) is 5.92 Å². The van der Waals surface area contributed by atoms with Gasteiger partial charge in [-0.2, -0.15) is 0 Å². The van der Waals surface area contributed by atoms with Crippen molar-refractivity contribution in [3.8, 4) is 0 Å². The number of nitrogens with zero attached hydrogens (tertiary/aromatic N) is 2. The molecule has 3 N–H and O–H groups in total. The first kappa shape index (κ1) is 13.4. The lowest BCUT2D eigenvalue weighted by atomic mass is 10.0. The molecule has 0 radical (unpaired) electrons. The van der Waals surface area contributed by atoms with Crippen molar-refractivity contribution in [1.29, 1.82) is 0 Å². The molecule has 0 aliphatic carbocycles. The highest BCUT2D eigenvalue weighted by Crippen LogP contribution is 2.07. The smallest absolute Gasteiger partial charge is 0.239 e. The molecule has 1 rings (SSSR count). The van der Waals surface area contributed by atoms with Gasteiger partial charge in [-0.25, -0.2) is 0 Å². The molecule has 0 saturated carbocycles. The minimum Gasteiger partial charge on any atom is -0.395 e. The van der Waals surface area contributed by atoms with Gasteiger partial charge in [0.05, 0.1) is 12.6 Å². The summed E-state index contributed by atoms with van der Waals surface area (Å²) in [6.07, 6.45) is 0. The predicted octanol–water partition coefficient (Wildman–Crippen LogP) is -0.894. The van der Waals surface area contributed by atoms with Gasteiger partial charge < -0.3 is 15.7 Å². The first-order chi connectivity index (χ1) is 7.56. The molecular weight excluding hydrogens is 206 g/mol. The van der Waals surface area contributed by atoms with Crippen LogP contribution in [0.5, 0.6) is 0 Å². The number of aliphatic hydroxyl groups is 1. The second kappa shape index (κ2) is 6.18. The quantitative estimate of drug-likeness (QED) is 0.656. The van der Waals surface area contributed by atoms with Gasteiger partial charge in [0.2, 0.25) is 5.91 Å². The number of hydrogen-bond donors (Lipinski definition) is 2. The van der Waals surface area contributed by atoms with Crippen LogP contribution < -0.4 is 5.73 Å². The van der Waals surface area contributed by atoms with Crippen LogP contribution in [0.25, 0.3) is 0 Å². The Balaban J connectivity index is 2.38. The van der Waals surface area contributed by atoms with Gasteiger partial charge in [0, 0.05) is 32.7 Å². The van der Waals surface area contributed by atoms with E-state index in [2.05, 4.69) is 4.90 Å². The minimum absolute atomic E-state index is 0.0543. The molecule has 16 heavy (non-hydrogen) atoms. The van der Waals surface area contributed by atoms with Gasteiger partial charge in [-0.3, -0.25) is 9.69 Å². The first-order valence-corrected chi connectivity index (χ1v) is 5.94. The van der Waals surface area contributed by atoms with E-state index < -0.39 is 0 Å². The Kier molecular flexibility index (Phi) is 5.18. The zero-order valence-corrected chi connectivity index (χ0v) is 10.2. The average molecular weight is 229 g/mol. The summed E-state index contributed by atoms with van der Waals surface area (Å²) in [5, 5.41) is 8.81. The van der Waals surface area contributed by atoms with E-state index in [1.165, 1.54) is 0 Å². The summed E-state index contributed by atoms with van der Waals surface area (Å²) in [5.74, 6) is 0.238. The molecular formula is C11H23N3O2. The van der Waals surface area contributed by atoms with E-state index in [9.17, 15) is 4.79 Å². The van der Waals surface area contributed by atoms with Gasteiger partial charge in [0.25, 0.3) is 0 Å². The van der Waals surface area contributed by atoms with E-state index in [-0.39, 0.29) is 24.5 Å². The standard InChI is InChI=1S/C11H23N3O2/c1-9(2)10(12)11(16)14-5-3-13(4-6-14)7-8-15/h9-10,15H,3-8,12H2,1-2H3/t10-/m0/s1. The van der Waals surface area contributed by atoms with Crippen molar-refractivity contribution in [1.82, 2.24) is 9.80 Å². The number of carbonyl (C=O) groups excluding carboxylic acids is 1. The maximum absolute atomic E-state index is 11.9. The van der Waals surface area contributed by atoms with Crippen LogP contribution in [0.3, 0.4) is 0 Å². The van der Waals surface area contributed by atoms with E-state index in [0.29, 0.717) is 6.54 Å². The Labute approximate surface area is 97.2 Å². The van der Waals surface area contributed by atoms with E-state index in [0.717, 1.165) is 26.2 Å². The number of hydrogen-bond acceptors (Lipinski definition) is 4. The highest BCUT2D eigenvalue weighted by molar-refractivity contribution is 5.82. The lowest BCUT2D eigenvalue weighted by molar-refractivity contribution is -0.135. The highest BCUT2D eigenvalue weighted by Gasteiger charge is 2.26. The third-order valence-corrected chi connectivity index (χ3v) is 3.10. The van der Waals surface area contributed by atoms with E-state index in [4.69, 9.17) is 10.8 Å². The molecule has 0 bridgehead atoms. The van der Waals surface area contributed by atoms with Crippen LogP contribution in [0.4, 0.5) is 0 Å². The summed E-state index contributed by atoms with van der Waals surface area (Å²) in [4.78, 5) is 15.9. The molecule has 94 valence electrons. The predicted molar refractivity (Wildman–Crippen MR) is 62.9 cm³/mol. The molecule has 1 fully saturated rings. The number of nitrogens with two attached hydrogens (primary N) is 1. The van der Waals surface area contributed by atoms with Crippen LogP contribution in [-0.4, -0.2) is 66.2 Å². The average Bonchev–Trinajstić information content (AvgIpc) is 2.28. The maximum atomic E-state index is 11.9. The fraction of sp³-hybridized carbons (Fsp3) is 0.909. The van der Waals surface area contributed by atoms with Crippen LogP contribution >= 0.6 is 0 Å². The Morgan fingerprint density at radius 1 is 1.31 bits per heavy atom. The topological polar surface area (TPSA) is 69.8 Å². The number of carbonyl (C=O) groups is 1. The number of rotatable bonds is 4. The molecule has 0 unspecified atom stereocenters. The highest BCUT2D eigenvalue weighted by atomic mass is 16.3. The molecule has 5 heteroatoms. The van der Waals surface area contributed by atoms with Crippen molar-refractivity contribution >= 4 is 5.91 Å². The van der Waals surface area contributed by atoms with Crippen molar-refractivity contribution < 1.29 is 9.90 Å². The van der Waals surface area contributed by atoms with Gasteiger partial charge in [0.15, 0.2) is 0 Å². The SMILES string of the molecule is CC(C)[C@H](N)C(=O)N1CCN(CCO)CC1. The van der Waals surface area contributed by atoms with Gasteiger partial charge in [-0.15, -0.1) is 0 Å². The molecule has 1 saturated heterocycles. The molecule has 0 spiro atoms. The molecule has 5 nitrogen and oxygen atoms in total. The van der Waals surface area contributed by atoms with Crippen molar-refractivity contribution in [2.45, 2.75) is 19.9 Å².